The minimum Gasteiger partial charge on any atom is -0.455 e. The van der Waals surface area contributed by atoms with Gasteiger partial charge in [0.05, 0.1) is 36.9 Å². The van der Waals surface area contributed by atoms with Gasteiger partial charge in [-0.3, -0.25) is 14.4 Å². The molecule has 2 aromatic carbocycles. The van der Waals surface area contributed by atoms with Crippen LogP contribution in [0.2, 0.25) is 0 Å². The quantitative estimate of drug-likeness (QED) is 0.0289. The number of hydrogen-bond acceptors (Lipinski definition) is 16. The molecule has 4 fully saturated rings. The summed E-state index contributed by atoms with van der Waals surface area (Å²) in [4.78, 5) is 70.9. The first-order valence-corrected chi connectivity index (χ1v) is 27.6. The number of ketones is 1. The molecule has 7 rings (SSSR count). The standard InChI is InChI=1S/C60H81NO16/c1-7-8-9-10-11-12-13-14-15-16-17-18-19-20-27-32-46-71-35-42(75-46)36-72-56(68)77-50(48(40-28-23-21-24-29-40)61-54(66)41-30-25-22-26-31-41)55(67)76-43-34-60(70)53(65)51-58(6,44(63)33-45-59(51,69)37-73-45)52(64)49(74-39(3)62)47(38(43)2)57(60,4)5/h10-11,13-14,21-26,28-31,42-46,48-51,53,63,65,69-70H,7-9,12,15-20,27,32-37H2,1-6H3,(H,61,66)/b11-10-,14-13-/t42?,43-,44-,45+,46?,48-,49+,50+,51-,53-,58+,59-,60?/m0/s1. The van der Waals surface area contributed by atoms with Crippen LogP contribution in [0.1, 0.15) is 153 Å². The summed E-state index contributed by atoms with van der Waals surface area (Å²) in [5, 5.41) is 52.4. The SMILES string of the molecule is CCCC/C=C\C/C=C\CCCCCCCCC1OCC(COC(=O)O[C@@H](C(=O)O[C@H]2CC3(O)[C@@H](O)[C@@H]4[C@]5(O)CO[C@@H]5C[C@H](O)[C@@]4(C)C(=O)[C@H](OC(C)=O)C(=C2C)C3(C)C)[C@@H](NC(=O)c2ccccc2)c2ccccc2)O1. The van der Waals surface area contributed by atoms with Gasteiger partial charge in [-0.1, -0.05) is 132 Å². The zero-order valence-electron chi connectivity index (χ0n) is 45.6. The van der Waals surface area contributed by atoms with Gasteiger partial charge < -0.3 is 58.9 Å². The van der Waals surface area contributed by atoms with E-state index in [1.807, 2.05) is 0 Å². The number of carbonyl (C=O) groups is 5. The minimum absolute atomic E-state index is 0.00381. The number of rotatable bonds is 24. The Morgan fingerprint density at radius 2 is 1.49 bits per heavy atom. The van der Waals surface area contributed by atoms with Gasteiger partial charge in [0.2, 0.25) is 6.10 Å². The van der Waals surface area contributed by atoms with Crippen molar-refractivity contribution in [1.82, 2.24) is 5.32 Å². The van der Waals surface area contributed by atoms with Crippen LogP contribution in [0, 0.1) is 16.7 Å². The Balaban J connectivity index is 1.07. The lowest BCUT2D eigenvalue weighted by Gasteiger charge is -2.66. The molecule has 3 unspecified atom stereocenters. The van der Waals surface area contributed by atoms with Gasteiger partial charge in [-0.25, -0.2) is 9.59 Å². The Hall–Kier alpha value is -5.27. The van der Waals surface area contributed by atoms with E-state index in [4.69, 9.17) is 33.2 Å². The van der Waals surface area contributed by atoms with Crippen molar-refractivity contribution in [2.75, 3.05) is 19.8 Å². The summed E-state index contributed by atoms with van der Waals surface area (Å²) < 4.78 is 41.1. The van der Waals surface area contributed by atoms with Gasteiger partial charge in [0, 0.05) is 36.7 Å². The van der Waals surface area contributed by atoms with E-state index in [2.05, 4.69) is 36.5 Å². The number of carbonyl (C=O) groups excluding carboxylic acids is 5. The second-order valence-electron chi connectivity index (χ2n) is 22.2. The van der Waals surface area contributed by atoms with Crippen LogP contribution in [-0.4, -0.2) is 130 Å². The molecule has 2 aliphatic heterocycles. The average molecular weight is 1070 g/mol. The smallest absolute Gasteiger partial charge is 0.455 e. The molecule has 13 atom stereocenters. The van der Waals surface area contributed by atoms with Gasteiger partial charge in [0.1, 0.15) is 36.1 Å². The summed E-state index contributed by atoms with van der Waals surface area (Å²) in [5.74, 6) is -5.15. The number of fused-ring (bicyclic) bond motifs is 5. The van der Waals surface area contributed by atoms with Crippen molar-refractivity contribution in [3.05, 3.63) is 107 Å². The Bertz CT molecular complexity index is 2440. The second-order valence-corrected chi connectivity index (χ2v) is 22.2. The number of allylic oxidation sites excluding steroid dienone is 4. The lowest BCUT2D eigenvalue weighted by Crippen LogP contribution is -2.80. The number of aliphatic hydroxyl groups excluding tert-OH is 2. The molecule has 3 aliphatic carbocycles. The largest absolute Gasteiger partial charge is 0.509 e. The van der Waals surface area contributed by atoms with E-state index in [-0.39, 0.29) is 43.0 Å². The number of ether oxygens (including phenoxy) is 7. The van der Waals surface area contributed by atoms with Crippen LogP contribution in [0.3, 0.4) is 0 Å². The van der Waals surface area contributed by atoms with E-state index in [1.54, 1.807) is 74.5 Å². The summed E-state index contributed by atoms with van der Waals surface area (Å²) in [6.45, 7) is 8.81. The number of amides is 1. The maximum absolute atomic E-state index is 15.1. The van der Waals surface area contributed by atoms with Crippen LogP contribution >= 0.6 is 0 Å². The Kier molecular flexibility index (Phi) is 20.2. The highest BCUT2D eigenvalue weighted by molar-refractivity contribution is 5.96. The molecule has 2 heterocycles. The van der Waals surface area contributed by atoms with Gasteiger partial charge in [-0.05, 0) is 81.2 Å². The highest BCUT2D eigenvalue weighted by Crippen LogP contribution is 2.63. The number of aliphatic hydroxyl groups is 4. The van der Waals surface area contributed by atoms with Gasteiger partial charge in [-0.2, -0.15) is 0 Å². The van der Waals surface area contributed by atoms with Crippen molar-refractivity contribution < 1.29 is 77.6 Å². The Morgan fingerprint density at radius 1 is 0.844 bits per heavy atom. The molecule has 5 aliphatic rings. The van der Waals surface area contributed by atoms with Crippen LogP contribution in [0.4, 0.5) is 4.79 Å². The number of esters is 2. The summed E-state index contributed by atoms with van der Waals surface area (Å²) >= 11 is 0. The molecule has 2 saturated heterocycles. The third-order valence-electron chi connectivity index (χ3n) is 16.8. The molecule has 1 amide bonds. The molecule has 77 heavy (non-hydrogen) atoms. The van der Waals surface area contributed by atoms with Gasteiger partial charge in [-0.15, -0.1) is 0 Å². The zero-order chi connectivity index (χ0) is 55.5. The molecule has 17 heteroatoms. The van der Waals surface area contributed by atoms with Gasteiger partial charge >= 0.3 is 18.1 Å². The minimum atomic E-state index is -2.37. The number of unbranched alkanes of at least 4 members (excludes halogenated alkanes) is 8. The molecule has 0 spiro atoms. The summed E-state index contributed by atoms with van der Waals surface area (Å²) in [7, 11) is 0. The van der Waals surface area contributed by atoms with Crippen LogP contribution in [0.5, 0.6) is 0 Å². The van der Waals surface area contributed by atoms with Crippen LogP contribution in [0.25, 0.3) is 0 Å². The third-order valence-corrected chi connectivity index (χ3v) is 16.8. The molecule has 5 N–H and O–H groups in total. The van der Waals surface area contributed by atoms with Crippen molar-refractivity contribution in [2.24, 2.45) is 16.7 Å². The fraction of sp³-hybridized carbons (Fsp3) is 0.617. The maximum atomic E-state index is 15.1. The molecule has 2 aromatic rings. The lowest BCUT2D eigenvalue weighted by atomic mass is 9.45. The Morgan fingerprint density at radius 3 is 2.14 bits per heavy atom. The fourth-order valence-electron chi connectivity index (χ4n) is 12.2. The van der Waals surface area contributed by atoms with E-state index in [0.29, 0.717) is 12.0 Å². The fourth-order valence-corrected chi connectivity index (χ4v) is 12.2. The topological polar surface area (TPSA) is 243 Å². The van der Waals surface area contributed by atoms with E-state index in [1.165, 1.54) is 33.1 Å². The highest BCUT2D eigenvalue weighted by Gasteiger charge is 2.75. The normalized spacial score (nSPS) is 31.3. The number of benzene rings is 2. The van der Waals surface area contributed by atoms with Crippen molar-refractivity contribution in [3.8, 4) is 0 Å². The van der Waals surface area contributed by atoms with Gasteiger partial charge in [0.15, 0.2) is 18.2 Å². The molecular formula is C60H81NO16. The van der Waals surface area contributed by atoms with Gasteiger partial charge in [0.25, 0.3) is 5.91 Å². The maximum Gasteiger partial charge on any atom is 0.509 e. The molecule has 422 valence electrons. The first kappa shape index (κ1) is 59.4. The third kappa shape index (κ3) is 13.1. The molecule has 0 aromatic heterocycles. The molecular weight excluding hydrogens is 991 g/mol. The van der Waals surface area contributed by atoms with Crippen molar-refractivity contribution in [3.63, 3.8) is 0 Å². The van der Waals surface area contributed by atoms with Crippen molar-refractivity contribution in [2.45, 2.75) is 198 Å². The number of nitrogens with one attached hydrogen (secondary N) is 1. The molecule has 2 saturated carbocycles. The van der Waals surface area contributed by atoms with E-state index in [0.717, 1.165) is 58.3 Å². The van der Waals surface area contributed by atoms with E-state index >= 15 is 9.59 Å². The summed E-state index contributed by atoms with van der Waals surface area (Å²) in [6, 6.07) is 15.0. The van der Waals surface area contributed by atoms with Crippen molar-refractivity contribution in [1.29, 1.82) is 0 Å². The predicted molar refractivity (Wildman–Crippen MR) is 283 cm³/mol. The van der Waals surface area contributed by atoms with Crippen LogP contribution < -0.4 is 5.32 Å². The van der Waals surface area contributed by atoms with Crippen LogP contribution in [0.15, 0.2) is 96.1 Å². The number of Topliss-reactive ketones (excluding diaryl/α,β-unsaturated/α-hetero) is 1. The molecule has 17 nitrogen and oxygen atoms in total. The molecule has 0 radical (unpaired) electrons. The summed E-state index contributed by atoms with van der Waals surface area (Å²) in [5.41, 5.74) is -7.17. The monoisotopic (exact) mass is 1070 g/mol. The van der Waals surface area contributed by atoms with Crippen molar-refractivity contribution >= 4 is 29.8 Å². The van der Waals surface area contributed by atoms with E-state index in [9.17, 15) is 34.8 Å². The first-order chi connectivity index (χ1) is 36.8. The average Bonchev–Trinajstić information content (AvgIpc) is 3.94. The second kappa shape index (κ2) is 26.1. The lowest BCUT2D eigenvalue weighted by molar-refractivity contribution is -0.344. The highest BCUT2D eigenvalue weighted by atomic mass is 16.8. The van der Waals surface area contributed by atoms with Crippen LogP contribution in [-0.2, 0) is 47.5 Å². The molecule has 2 bridgehead atoms. The summed E-state index contributed by atoms with van der Waals surface area (Å²) in [6.07, 6.45) is 8.94. The van der Waals surface area contributed by atoms with E-state index < -0.39 is 119 Å². The first-order valence-electron chi connectivity index (χ1n) is 27.6. The predicted octanol–water partition coefficient (Wildman–Crippen LogP) is 8.02. The number of hydrogen-bond donors (Lipinski definition) is 5. The zero-order valence-corrected chi connectivity index (χ0v) is 45.6. The Labute approximate surface area is 452 Å².